The molecule has 0 N–H and O–H groups in total. The lowest BCUT2D eigenvalue weighted by atomic mass is 9.83. The van der Waals surface area contributed by atoms with Crippen LogP contribution in [0.1, 0.15) is 58.6 Å². The first-order valence-corrected chi connectivity index (χ1v) is 9.50. The van der Waals surface area contributed by atoms with Gasteiger partial charge in [0, 0.05) is 11.8 Å². The van der Waals surface area contributed by atoms with Gasteiger partial charge in [-0.25, -0.2) is 0 Å². The predicted octanol–water partition coefficient (Wildman–Crippen LogP) is 3.69. The van der Waals surface area contributed by atoms with Crippen LogP contribution in [0.4, 0.5) is 0 Å². The average molecular weight is 359 g/mol. The monoisotopic (exact) mass is 359 g/mol. The Kier molecular flexibility index (Phi) is 5.37. The fraction of sp³-hybridized carbons (Fsp3) is 0.619. The van der Waals surface area contributed by atoms with Crippen molar-refractivity contribution in [2.45, 2.75) is 64.8 Å². The van der Waals surface area contributed by atoms with E-state index >= 15 is 0 Å². The number of piperidine rings is 1. The van der Waals surface area contributed by atoms with E-state index in [1.165, 1.54) is 0 Å². The molecule has 2 fully saturated rings. The Morgan fingerprint density at radius 2 is 1.96 bits per heavy atom. The Morgan fingerprint density at radius 3 is 2.58 bits per heavy atom. The van der Waals surface area contributed by atoms with E-state index in [4.69, 9.17) is 9.47 Å². The number of esters is 1. The lowest BCUT2D eigenvalue weighted by molar-refractivity contribution is -0.165. The number of nitrogens with zero attached hydrogens (tertiary/aromatic N) is 1. The van der Waals surface area contributed by atoms with Crippen LogP contribution in [0.5, 0.6) is 0 Å². The molecule has 1 aromatic carbocycles. The van der Waals surface area contributed by atoms with Gasteiger partial charge in [0.25, 0.3) is 0 Å². The summed E-state index contributed by atoms with van der Waals surface area (Å²) in [6.07, 6.45) is 1.54. The van der Waals surface area contributed by atoms with E-state index in [0.717, 1.165) is 12.0 Å². The molecule has 5 heteroatoms. The minimum Gasteiger partial charge on any atom is -0.460 e. The van der Waals surface area contributed by atoms with Gasteiger partial charge in [0.2, 0.25) is 5.91 Å². The molecule has 2 aliphatic rings. The van der Waals surface area contributed by atoms with E-state index in [0.29, 0.717) is 13.0 Å². The minimum atomic E-state index is -0.537. The number of hydrogen-bond acceptors (Lipinski definition) is 4. The highest BCUT2D eigenvalue weighted by atomic mass is 16.6. The summed E-state index contributed by atoms with van der Waals surface area (Å²) >= 11 is 0. The quantitative estimate of drug-likeness (QED) is 0.770. The molecule has 1 aromatic rings. The van der Waals surface area contributed by atoms with Crippen LogP contribution >= 0.6 is 0 Å². The number of benzene rings is 1. The standard InChI is InChI=1S/C21H29NO4/c1-5-14-11-16(12-18(23)26-21(2,3)4)19(24)22-17(13-25-20(14)22)15-9-7-6-8-10-15/h6-10,14,16-17,20H,5,11-13H2,1-4H3/t14-,16+,17+,20+/m1/s1. The number of fused-ring (bicyclic) bond motifs is 1. The molecule has 0 radical (unpaired) electrons. The highest BCUT2D eigenvalue weighted by Crippen LogP contribution is 2.42. The predicted molar refractivity (Wildman–Crippen MR) is 98.1 cm³/mol. The van der Waals surface area contributed by atoms with Gasteiger partial charge in [-0.05, 0) is 39.2 Å². The molecule has 0 saturated carbocycles. The second-order valence-electron chi connectivity index (χ2n) is 8.29. The van der Waals surface area contributed by atoms with E-state index in [9.17, 15) is 9.59 Å². The molecule has 2 aliphatic heterocycles. The number of ether oxygens (including phenoxy) is 2. The van der Waals surface area contributed by atoms with Gasteiger partial charge in [-0.1, -0.05) is 37.3 Å². The zero-order valence-corrected chi connectivity index (χ0v) is 16.1. The Bertz CT molecular complexity index is 652. The van der Waals surface area contributed by atoms with Crippen molar-refractivity contribution in [3.05, 3.63) is 35.9 Å². The third kappa shape index (κ3) is 3.93. The second-order valence-corrected chi connectivity index (χ2v) is 8.29. The van der Waals surface area contributed by atoms with Crippen LogP contribution < -0.4 is 0 Å². The van der Waals surface area contributed by atoms with Crippen molar-refractivity contribution in [1.29, 1.82) is 0 Å². The van der Waals surface area contributed by atoms with Gasteiger partial charge in [-0.2, -0.15) is 0 Å². The number of carbonyl (C=O) groups excluding carboxylic acids is 2. The summed E-state index contributed by atoms with van der Waals surface area (Å²) in [4.78, 5) is 27.4. The maximum Gasteiger partial charge on any atom is 0.307 e. The number of carbonyl (C=O) groups is 2. The van der Waals surface area contributed by atoms with Crippen molar-refractivity contribution in [2.75, 3.05) is 6.61 Å². The van der Waals surface area contributed by atoms with E-state index in [2.05, 4.69) is 6.92 Å². The number of rotatable bonds is 4. The highest BCUT2D eigenvalue weighted by molar-refractivity contribution is 5.85. The SMILES string of the molecule is CC[C@@H]1C[C@@H](CC(=O)OC(C)(C)C)C(=O)N2[C@H](c3ccccc3)CO[C@@H]12. The Balaban J connectivity index is 1.80. The molecule has 0 aliphatic carbocycles. The highest BCUT2D eigenvalue weighted by Gasteiger charge is 2.49. The molecule has 1 amide bonds. The van der Waals surface area contributed by atoms with Gasteiger partial charge >= 0.3 is 5.97 Å². The van der Waals surface area contributed by atoms with Gasteiger partial charge in [0.1, 0.15) is 11.8 Å². The third-order valence-electron chi connectivity index (χ3n) is 5.17. The molecule has 0 spiro atoms. The van der Waals surface area contributed by atoms with Gasteiger partial charge < -0.3 is 14.4 Å². The Hall–Kier alpha value is -1.88. The summed E-state index contributed by atoms with van der Waals surface area (Å²) in [5.41, 5.74) is 0.543. The van der Waals surface area contributed by atoms with Crippen LogP contribution in [0.2, 0.25) is 0 Å². The largest absolute Gasteiger partial charge is 0.460 e. The lowest BCUT2D eigenvalue weighted by Gasteiger charge is -2.41. The smallest absolute Gasteiger partial charge is 0.307 e. The Morgan fingerprint density at radius 1 is 1.27 bits per heavy atom. The van der Waals surface area contributed by atoms with Crippen molar-refractivity contribution in [1.82, 2.24) is 4.90 Å². The molecular formula is C21H29NO4. The van der Waals surface area contributed by atoms with Crippen LogP contribution in [0.15, 0.2) is 30.3 Å². The topological polar surface area (TPSA) is 55.8 Å². The van der Waals surface area contributed by atoms with E-state index in [-0.39, 0.29) is 42.4 Å². The zero-order valence-electron chi connectivity index (χ0n) is 16.1. The summed E-state index contributed by atoms with van der Waals surface area (Å²) in [6, 6.07) is 9.91. The normalized spacial score (nSPS) is 28.8. The maximum atomic E-state index is 13.2. The first kappa shape index (κ1) is 18.9. The molecule has 26 heavy (non-hydrogen) atoms. The molecule has 5 nitrogen and oxygen atoms in total. The van der Waals surface area contributed by atoms with E-state index < -0.39 is 5.60 Å². The zero-order chi connectivity index (χ0) is 18.9. The summed E-state index contributed by atoms with van der Waals surface area (Å²) < 4.78 is 11.5. The van der Waals surface area contributed by atoms with E-state index in [1.807, 2.05) is 56.0 Å². The molecule has 142 valence electrons. The third-order valence-corrected chi connectivity index (χ3v) is 5.17. The van der Waals surface area contributed by atoms with Crippen molar-refractivity contribution < 1.29 is 19.1 Å². The summed E-state index contributed by atoms with van der Waals surface area (Å²) in [7, 11) is 0. The molecule has 3 rings (SSSR count). The second kappa shape index (κ2) is 7.39. The number of hydrogen-bond donors (Lipinski definition) is 0. The minimum absolute atomic E-state index is 0.0110. The van der Waals surface area contributed by atoms with Gasteiger partial charge in [-0.3, -0.25) is 9.59 Å². The van der Waals surface area contributed by atoms with Crippen molar-refractivity contribution >= 4 is 11.9 Å². The summed E-state index contributed by atoms with van der Waals surface area (Å²) in [5, 5.41) is 0. The lowest BCUT2D eigenvalue weighted by Crippen LogP contribution is -2.51. The molecule has 0 bridgehead atoms. The van der Waals surface area contributed by atoms with E-state index in [1.54, 1.807) is 0 Å². The van der Waals surface area contributed by atoms with Crippen LogP contribution in [0, 0.1) is 11.8 Å². The van der Waals surface area contributed by atoms with Crippen LogP contribution in [0.25, 0.3) is 0 Å². The fourth-order valence-corrected chi connectivity index (χ4v) is 4.02. The number of amides is 1. The van der Waals surface area contributed by atoms with Gasteiger partial charge in [-0.15, -0.1) is 0 Å². The Labute approximate surface area is 155 Å². The van der Waals surface area contributed by atoms with Gasteiger partial charge in [0.05, 0.1) is 19.1 Å². The molecule has 4 atom stereocenters. The van der Waals surface area contributed by atoms with Crippen molar-refractivity contribution in [3.8, 4) is 0 Å². The first-order chi connectivity index (χ1) is 12.3. The first-order valence-electron chi connectivity index (χ1n) is 9.50. The van der Waals surface area contributed by atoms with Gasteiger partial charge in [0.15, 0.2) is 0 Å². The van der Waals surface area contributed by atoms with Crippen LogP contribution in [0.3, 0.4) is 0 Å². The molecule has 0 unspecified atom stereocenters. The maximum absolute atomic E-state index is 13.2. The van der Waals surface area contributed by atoms with Crippen molar-refractivity contribution in [3.63, 3.8) is 0 Å². The molecule has 2 heterocycles. The van der Waals surface area contributed by atoms with Crippen LogP contribution in [-0.2, 0) is 19.1 Å². The molecule has 0 aromatic heterocycles. The van der Waals surface area contributed by atoms with Crippen molar-refractivity contribution in [2.24, 2.45) is 11.8 Å². The molecule has 2 saturated heterocycles. The summed E-state index contributed by atoms with van der Waals surface area (Å²) in [6.45, 7) is 8.16. The summed E-state index contributed by atoms with van der Waals surface area (Å²) in [5.74, 6) is -0.384. The average Bonchev–Trinajstić information content (AvgIpc) is 3.02. The van der Waals surface area contributed by atoms with Crippen LogP contribution in [-0.4, -0.2) is 35.2 Å². The molecular weight excluding hydrogens is 330 g/mol. The fourth-order valence-electron chi connectivity index (χ4n) is 4.02.